The highest BCUT2D eigenvalue weighted by atomic mass is 16.7. The van der Waals surface area contributed by atoms with Crippen molar-refractivity contribution < 1.29 is 19.1 Å². The molecule has 0 saturated heterocycles. The second-order valence-electron chi connectivity index (χ2n) is 7.48. The van der Waals surface area contributed by atoms with Crippen LogP contribution in [0.2, 0.25) is 0 Å². The van der Waals surface area contributed by atoms with E-state index in [1.165, 1.54) is 0 Å². The van der Waals surface area contributed by atoms with Crippen molar-refractivity contribution in [3.05, 3.63) is 59.7 Å². The standard InChI is InChI=1S/C24H30N2O4/c1-3-14-25-24(28)18(2)26(15-13-19-7-5-4-6-8-19)23(27)12-10-20-9-11-21-22(16-20)30-17-29-21/h4-9,11,16,18H,3,10,12-15,17H2,1-2H3,(H,25,28)/t18-/m1/s1. The Morgan fingerprint density at radius 2 is 1.80 bits per heavy atom. The Bertz CT molecular complexity index is 854. The van der Waals surface area contributed by atoms with E-state index in [9.17, 15) is 9.59 Å². The Hall–Kier alpha value is -3.02. The average Bonchev–Trinajstić information content (AvgIpc) is 3.24. The first-order valence-corrected chi connectivity index (χ1v) is 10.6. The molecule has 1 heterocycles. The SMILES string of the molecule is CCCNC(=O)[C@@H](C)N(CCc1ccccc1)C(=O)CCc1ccc2c(c1)OCO2. The van der Waals surface area contributed by atoms with Crippen LogP contribution >= 0.6 is 0 Å². The van der Waals surface area contributed by atoms with E-state index < -0.39 is 6.04 Å². The molecule has 160 valence electrons. The van der Waals surface area contributed by atoms with Gasteiger partial charge in [0.25, 0.3) is 0 Å². The molecule has 6 heteroatoms. The van der Waals surface area contributed by atoms with Gasteiger partial charge in [-0.15, -0.1) is 0 Å². The highest BCUT2D eigenvalue weighted by Crippen LogP contribution is 2.32. The van der Waals surface area contributed by atoms with E-state index in [0.29, 0.717) is 38.1 Å². The number of hydrogen-bond donors (Lipinski definition) is 1. The van der Waals surface area contributed by atoms with E-state index in [-0.39, 0.29) is 18.6 Å². The van der Waals surface area contributed by atoms with Gasteiger partial charge in [0, 0.05) is 19.5 Å². The third kappa shape index (κ3) is 5.75. The molecule has 2 amide bonds. The minimum Gasteiger partial charge on any atom is -0.454 e. The summed E-state index contributed by atoms with van der Waals surface area (Å²) in [5, 5.41) is 2.90. The number of amides is 2. The molecule has 0 radical (unpaired) electrons. The first kappa shape index (κ1) is 21.7. The molecule has 0 spiro atoms. The van der Waals surface area contributed by atoms with Crippen molar-refractivity contribution in [3.8, 4) is 11.5 Å². The number of ether oxygens (including phenoxy) is 2. The van der Waals surface area contributed by atoms with Crippen LogP contribution in [0.1, 0.15) is 37.8 Å². The van der Waals surface area contributed by atoms with Gasteiger partial charge in [-0.05, 0) is 49.4 Å². The molecule has 6 nitrogen and oxygen atoms in total. The third-order valence-corrected chi connectivity index (χ3v) is 5.27. The molecule has 1 aliphatic rings. The Labute approximate surface area is 178 Å². The lowest BCUT2D eigenvalue weighted by atomic mass is 10.1. The fourth-order valence-electron chi connectivity index (χ4n) is 3.46. The molecule has 3 rings (SSSR count). The van der Waals surface area contributed by atoms with Gasteiger partial charge in [-0.3, -0.25) is 9.59 Å². The van der Waals surface area contributed by atoms with E-state index in [2.05, 4.69) is 5.32 Å². The summed E-state index contributed by atoms with van der Waals surface area (Å²) in [6, 6.07) is 15.2. The zero-order chi connectivity index (χ0) is 21.3. The summed E-state index contributed by atoms with van der Waals surface area (Å²) in [7, 11) is 0. The summed E-state index contributed by atoms with van der Waals surface area (Å²) in [6.45, 7) is 5.16. The minimum absolute atomic E-state index is 0.0252. The van der Waals surface area contributed by atoms with Gasteiger partial charge in [-0.25, -0.2) is 0 Å². The average molecular weight is 411 g/mol. The highest BCUT2D eigenvalue weighted by Gasteiger charge is 2.25. The number of fused-ring (bicyclic) bond motifs is 1. The van der Waals surface area contributed by atoms with Crippen molar-refractivity contribution >= 4 is 11.8 Å². The molecular formula is C24H30N2O4. The minimum atomic E-state index is -0.510. The first-order valence-electron chi connectivity index (χ1n) is 10.6. The zero-order valence-electron chi connectivity index (χ0n) is 17.7. The van der Waals surface area contributed by atoms with E-state index in [1.54, 1.807) is 11.8 Å². The van der Waals surface area contributed by atoms with E-state index in [1.807, 2.05) is 55.5 Å². The Kier molecular flexibility index (Phi) is 7.71. The monoisotopic (exact) mass is 410 g/mol. The van der Waals surface area contributed by atoms with E-state index in [4.69, 9.17) is 9.47 Å². The molecule has 2 aromatic carbocycles. The lowest BCUT2D eigenvalue weighted by Gasteiger charge is -2.29. The van der Waals surface area contributed by atoms with Gasteiger partial charge in [0.1, 0.15) is 6.04 Å². The van der Waals surface area contributed by atoms with Crippen molar-refractivity contribution in [2.24, 2.45) is 0 Å². The largest absolute Gasteiger partial charge is 0.454 e. The smallest absolute Gasteiger partial charge is 0.242 e. The number of carbonyl (C=O) groups excluding carboxylic acids is 2. The molecule has 0 aliphatic carbocycles. The normalized spacial score (nSPS) is 13.0. The van der Waals surface area contributed by atoms with Crippen LogP contribution < -0.4 is 14.8 Å². The summed E-state index contributed by atoms with van der Waals surface area (Å²) < 4.78 is 10.8. The number of carbonyl (C=O) groups is 2. The zero-order valence-corrected chi connectivity index (χ0v) is 17.7. The Morgan fingerprint density at radius 3 is 2.57 bits per heavy atom. The molecule has 1 aliphatic heterocycles. The fourth-order valence-corrected chi connectivity index (χ4v) is 3.46. The molecule has 30 heavy (non-hydrogen) atoms. The van der Waals surface area contributed by atoms with E-state index >= 15 is 0 Å². The quantitative estimate of drug-likeness (QED) is 0.652. The summed E-state index contributed by atoms with van der Waals surface area (Å²) in [5.74, 6) is 1.31. The van der Waals surface area contributed by atoms with Crippen LogP contribution in [0.25, 0.3) is 0 Å². The number of benzene rings is 2. The van der Waals surface area contributed by atoms with Crippen molar-refractivity contribution in [1.29, 1.82) is 0 Å². The van der Waals surface area contributed by atoms with Gasteiger partial charge in [-0.1, -0.05) is 43.3 Å². The van der Waals surface area contributed by atoms with Crippen molar-refractivity contribution in [3.63, 3.8) is 0 Å². The maximum Gasteiger partial charge on any atom is 0.242 e. The van der Waals surface area contributed by atoms with Gasteiger partial charge in [0.15, 0.2) is 11.5 Å². The van der Waals surface area contributed by atoms with E-state index in [0.717, 1.165) is 23.3 Å². The second-order valence-corrected chi connectivity index (χ2v) is 7.48. The Balaban J connectivity index is 1.64. The summed E-state index contributed by atoms with van der Waals surface area (Å²) in [4.78, 5) is 27.3. The second kappa shape index (κ2) is 10.7. The maximum absolute atomic E-state index is 13.1. The molecule has 0 bridgehead atoms. The summed E-state index contributed by atoms with van der Waals surface area (Å²) in [5.41, 5.74) is 2.16. The summed E-state index contributed by atoms with van der Waals surface area (Å²) >= 11 is 0. The number of hydrogen-bond acceptors (Lipinski definition) is 4. The number of rotatable bonds is 10. The molecule has 0 unspecified atom stereocenters. The lowest BCUT2D eigenvalue weighted by molar-refractivity contribution is -0.139. The summed E-state index contributed by atoms with van der Waals surface area (Å²) in [6.07, 6.45) is 2.49. The van der Waals surface area contributed by atoms with Crippen LogP contribution in [0.5, 0.6) is 11.5 Å². The molecule has 0 saturated carbocycles. The highest BCUT2D eigenvalue weighted by molar-refractivity contribution is 5.87. The molecule has 2 aromatic rings. The van der Waals surface area contributed by atoms with Crippen molar-refractivity contribution in [2.75, 3.05) is 19.9 Å². The van der Waals surface area contributed by atoms with Gasteiger partial charge < -0.3 is 19.7 Å². The Morgan fingerprint density at radius 1 is 1.03 bits per heavy atom. The predicted molar refractivity (Wildman–Crippen MR) is 116 cm³/mol. The van der Waals surface area contributed by atoms with Crippen LogP contribution in [0.4, 0.5) is 0 Å². The van der Waals surface area contributed by atoms with Gasteiger partial charge in [-0.2, -0.15) is 0 Å². The number of aryl methyl sites for hydroxylation is 1. The van der Waals surface area contributed by atoms with Gasteiger partial charge in [0.05, 0.1) is 0 Å². The van der Waals surface area contributed by atoms with Gasteiger partial charge in [0.2, 0.25) is 18.6 Å². The number of nitrogens with zero attached hydrogens (tertiary/aromatic N) is 1. The van der Waals surface area contributed by atoms with Crippen LogP contribution in [-0.4, -0.2) is 42.6 Å². The molecular weight excluding hydrogens is 380 g/mol. The predicted octanol–water partition coefficient (Wildman–Crippen LogP) is 3.33. The fraction of sp³-hybridized carbons (Fsp3) is 0.417. The molecule has 1 atom stereocenters. The van der Waals surface area contributed by atoms with Gasteiger partial charge >= 0.3 is 0 Å². The van der Waals surface area contributed by atoms with Crippen LogP contribution in [0.3, 0.4) is 0 Å². The van der Waals surface area contributed by atoms with Crippen LogP contribution in [0, 0.1) is 0 Å². The molecule has 0 fully saturated rings. The molecule has 0 aromatic heterocycles. The topological polar surface area (TPSA) is 67.9 Å². The molecule has 1 N–H and O–H groups in total. The van der Waals surface area contributed by atoms with Crippen molar-refractivity contribution in [2.45, 2.75) is 45.6 Å². The maximum atomic E-state index is 13.1. The van der Waals surface area contributed by atoms with Crippen LogP contribution in [0.15, 0.2) is 48.5 Å². The first-order chi connectivity index (χ1) is 14.6. The number of nitrogens with one attached hydrogen (secondary N) is 1. The third-order valence-electron chi connectivity index (χ3n) is 5.27. The van der Waals surface area contributed by atoms with Crippen LogP contribution in [-0.2, 0) is 22.4 Å². The lowest BCUT2D eigenvalue weighted by Crippen LogP contribution is -2.49. The van der Waals surface area contributed by atoms with Crippen molar-refractivity contribution in [1.82, 2.24) is 10.2 Å².